The monoisotopic (exact) mass is 250 g/mol. The summed E-state index contributed by atoms with van der Waals surface area (Å²) < 4.78 is 1.65. The number of hydrogen-bond acceptors (Lipinski definition) is 4. The lowest BCUT2D eigenvalue weighted by Gasteiger charge is -2.23. The van der Waals surface area contributed by atoms with Crippen LogP contribution in [0.15, 0.2) is 17.2 Å². The molecule has 1 unspecified atom stereocenters. The van der Waals surface area contributed by atoms with E-state index in [1.165, 1.54) is 25.7 Å². The highest BCUT2D eigenvalue weighted by Crippen LogP contribution is 2.28. The number of nitrogens with zero attached hydrogens (tertiary/aromatic N) is 2. The summed E-state index contributed by atoms with van der Waals surface area (Å²) in [7, 11) is 0. The summed E-state index contributed by atoms with van der Waals surface area (Å²) in [5, 5.41) is 3.24. The molecule has 0 spiro atoms. The SMILES string of the molecule is CCn1ccnc(NC(CN)C2CCCC2)c1=O. The number of nitrogens with one attached hydrogen (secondary N) is 1. The zero-order valence-corrected chi connectivity index (χ0v) is 10.9. The van der Waals surface area contributed by atoms with Crippen LogP contribution >= 0.6 is 0 Å². The van der Waals surface area contributed by atoms with E-state index in [1.54, 1.807) is 17.0 Å². The van der Waals surface area contributed by atoms with Gasteiger partial charge in [-0.25, -0.2) is 4.98 Å². The number of anilines is 1. The second kappa shape index (κ2) is 6.00. The van der Waals surface area contributed by atoms with Crippen molar-refractivity contribution in [3.05, 3.63) is 22.7 Å². The quantitative estimate of drug-likeness (QED) is 0.823. The van der Waals surface area contributed by atoms with Crippen LogP contribution in [0.3, 0.4) is 0 Å². The van der Waals surface area contributed by atoms with E-state index >= 15 is 0 Å². The molecule has 1 aromatic rings. The highest BCUT2D eigenvalue weighted by molar-refractivity contribution is 5.32. The van der Waals surface area contributed by atoms with Crippen LogP contribution in [0.2, 0.25) is 0 Å². The molecule has 18 heavy (non-hydrogen) atoms. The van der Waals surface area contributed by atoms with Gasteiger partial charge in [-0.1, -0.05) is 12.8 Å². The molecular formula is C13H22N4O. The molecule has 3 N–H and O–H groups in total. The summed E-state index contributed by atoms with van der Waals surface area (Å²) >= 11 is 0. The maximum Gasteiger partial charge on any atom is 0.293 e. The molecule has 100 valence electrons. The van der Waals surface area contributed by atoms with E-state index in [0.29, 0.717) is 24.8 Å². The molecule has 0 aromatic carbocycles. The Morgan fingerprint density at radius 2 is 2.28 bits per heavy atom. The van der Waals surface area contributed by atoms with Crippen LogP contribution in [-0.4, -0.2) is 22.1 Å². The maximum absolute atomic E-state index is 12.1. The molecule has 1 saturated carbocycles. The largest absolute Gasteiger partial charge is 0.361 e. The van der Waals surface area contributed by atoms with E-state index < -0.39 is 0 Å². The van der Waals surface area contributed by atoms with E-state index in [2.05, 4.69) is 10.3 Å². The Hall–Kier alpha value is -1.36. The fourth-order valence-electron chi connectivity index (χ4n) is 2.70. The molecule has 1 atom stereocenters. The first-order valence-corrected chi connectivity index (χ1v) is 6.78. The fourth-order valence-corrected chi connectivity index (χ4v) is 2.70. The lowest BCUT2D eigenvalue weighted by atomic mass is 9.98. The fraction of sp³-hybridized carbons (Fsp3) is 0.692. The van der Waals surface area contributed by atoms with Crippen molar-refractivity contribution < 1.29 is 0 Å². The van der Waals surface area contributed by atoms with Crippen LogP contribution < -0.4 is 16.6 Å². The highest BCUT2D eigenvalue weighted by Gasteiger charge is 2.24. The van der Waals surface area contributed by atoms with Crippen LogP contribution in [0.25, 0.3) is 0 Å². The van der Waals surface area contributed by atoms with Crippen LogP contribution in [0, 0.1) is 5.92 Å². The average molecular weight is 250 g/mol. The first kappa shape index (κ1) is 13.1. The van der Waals surface area contributed by atoms with Gasteiger partial charge in [0.15, 0.2) is 5.82 Å². The summed E-state index contributed by atoms with van der Waals surface area (Å²) in [5.74, 6) is 1.01. The van der Waals surface area contributed by atoms with Gasteiger partial charge in [-0.2, -0.15) is 0 Å². The Morgan fingerprint density at radius 1 is 1.56 bits per heavy atom. The molecule has 0 saturated heterocycles. The van der Waals surface area contributed by atoms with Gasteiger partial charge in [0.2, 0.25) is 0 Å². The minimum Gasteiger partial charge on any atom is -0.361 e. The second-order valence-corrected chi connectivity index (χ2v) is 4.90. The van der Waals surface area contributed by atoms with Gasteiger partial charge in [0.25, 0.3) is 5.56 Å². The molecular weight excluding hydrogens is 228 g/mol. The van der Waals surface area contributed by atoms with E-state index in [1.807, 2.05) is 6.92 Å². The molecule has 5 nitrogen and oxygen atoms in total. The zero-order valence-electron chi connectivity index (χ0n) is 10.9. The van der Waals surface area contributed by atoms with E-state index in [-0.39, 0.29) is 11.6 Å². The smallest absolute Gasteiger partial charge is 0.293 e. The predicted octanol–water partition coefficient (Wildman–Crippen LogP) is 1.19. The minimum absolute atomic E-state index is 0.0588. The van der Waals surface area contributed by atoms with Crippen LogP contribution in [-0.2, 0) is 6.54 Å². The number of nitrogens with two attached hydrogens (primary N) is 1. The molecule has 1 aromatic heterocycles. The van der Waals surface area contributed by atoms with Crippen molar-refractivity contribution in [1.82, 2.24) is 9.55 Å². The Labute approximate surface area is 107 Å². The third-order valence-corrected chi connectivity index (χ3v) is 3.80. The number of aryl methyl sites for hydroxylation is 1. The summed E-state index contributed by atoms with van der Waals surface area (Å²) in [6, 6.07) is 0.167. The van der Waals surface area contributed by atoms with Gasteiger partial charge in [0, 0.05) is 31.5 Å². The van der Waals surface area contributed by atoms with Crippen molar-refractivity contribution in [2.24, 2.45) is 11.7 Å². The van der Waals surface area contributed by atoms with Gasteiger partial charge in [-0.05, 0) is 25.7 Å². The normalized spacial score (nSPS) is 17.9. The Morgan fingerprint density at radius 3 is 2.89 bits per heavy atom. The molecule has 2 rings (SSSR count). The Balaban J connectivity index is 2.14. The van der Waals surface area contributed by atoms with Crippen LogP contribution in [0.1, 0.15) is 32.6 Å². The topological polar surface area (TPSA) is 72.9 Å². The predicted molar refractivity (Wildman–Crippen MR) is 72.6 cm³/mol. The van der Waals surface area contributed by atoms with Gasteiger partial charge in [0.1, 0.15) is 0 Å². The Bertz CT molecular complexity index is 437. The van der Waals surface area contributed by atoms with E-state index in [0.717, 1.165) is 0 Å². The number of aromatic nitrogens is 2. The van der Waals surface area contributed by atoms with Crippen LogP contribution in [0.5, 0.6) is 0 Å². The van der Waals surface area contributed by atoms with Crippen molar-refractivity contribution in [1.29, 1.82) is 0 Å². The molecule has 0 aliphatic heterocycles. The lowest BCUT2D eigenvalue weighted by molar-refractivity contribution is 0.460. The van der Waals surface area contributed by atoms with Crippen molar-refractivity contribution in [3.8, 4) is 0 Å². The third-order valence-electron chi connectivity index (χ3n) is 3.80. The van der Waals surface area contributed by atoms with Gasteiger partial charge < -0.3 is 15.6 Å². The van der Waals surface area contributed by atoms with Crippen LogP contribution in [0.4, 0.5) is 5.82 Å². The Kier molecular flexibility index (Phi) is 4.36. The first-order valence-electron chi connectivity index (χ1n) is 6.78. The lowest BCUT2D eigenvalue weighted by Crippen LogP contribution is -2.38. The highest BCUT2D eigenvalue weighted by atomic mass is 16.1. The standard InChI is InChI=1S/C13H22N4O/c1-2-17-8-7-15-12(13(17)18)16-11(9-14)10-5-3-4-6-10/h7-8,10-11H,2-6,9,14H2,1H3,(H,15,16). The van der Waals surface area contributed by atoms with Crippen molar-refractivity contribution >= 4 is 5.82 Å². The molecule has 1 aliphatic carbocycles. The van der Waals surface area contributed by atoms with E-state index in [4.69, 9.17) is 5.73 Å². The van der Waals surface area contributed by atoms with Gasteiger partial charge in [-0.15, -0.1) is 0 Å². The first-order chi connectivity index (χ1) is 8.76. The third kappa shape index (κ3) is 2.72. The van der Waals surface area contributed by atoms with Gasteiger partial charge in [0.05, 0.1) is 0 Å². The van der Waals surface area contributed by atoms with Crippen molar-refractivity contribution in [3.63, 3.8) is 0 Å². The summed E-state index contributed by atoms with van der Waals surface area (Å²) in [4.78, 5) is 16.2. The molecule has 0 bridgehead atoms. The average Bonchev–Trinajstić information content (AvgIpc) is 2.91. The zero-order chi connectivity index (χ0) is 13.0. The van der Waals surface area contributed by atoms with Gasteiger partial charge >= 0.3 is 0 Å². The minimum atomic E-state index is -0.0588. The second-order valence-electron chi connectivity index (χ2n) is 4.90. The summed E-state index contributed by atoms with van der Waals surface area (Å²) in [6.45, 7) is 3.15. The maximum atomic E-state index is 12.1. The molecule has 0 radical (unpaired) electrons. The molecule has 0 amide bonds. The molecule has 5 heteroatoms. The molecule has 1 fully saturated rings. The van der Waals surface area contributed by atoms with E-state index in [9.17, 15) is 4.79 Å². The molecule has 1 aliphatic rings. The number of rotatable bonds is 5. The summed E-state index contributed by atoms with van der Waals surface area (Å²) in [5.41, 5.74) is 5.76. The summed E-state index contributed by atoms with van der Waals surface area (Å²) in [6.07, 6.45) is 8.30. The van der Waals surface area contributed by atoms with Gasteiger partial charge in [-0.3, -0.25) is 4.79 Å². The molecule has 1 heterocycles. The van der Waals surface area contributed by atoms with Crippen molar-refractivity contribution in [2.45, 2.75) is 45.2 Å². The van der Waals surface area contributed by atoms with Crippen molar-refractivity contribution in [2.75, 3.05) is 11.9 Å². The number of hydrogen-bond donors (Lipinski definition) is 2.